The normalized spacial score (nSPS) is 20.5. The first-order chi connectivity index (χ1) is 11.4. The maximum absolute atomic E-state index is 13.7. The molecule has 2 aliphatic rings. The molecule has 0 bridgehead atoms. The number of alkyl halides is 3. The lowest BCUT2D eigenvalue weighted by atomic mass is 9.75. The predicted molar refractivity (Wildman–Crippen MR) is 88.6 cm³/mol. The van der Waals surface area contributed by atoms with E-state index >= 15 is 0 Å². The fourth-order valence-electron chi connectivity index (χ4n) is 3.24. The van der Waals surface area contributed by atoms with E-state index < -0.39 is 11.7 Å². The Kier molecular flexibility index (Phi) is 4.67. The van der Waals surface area contributed by atoms with Crippen LogP contribution in [0.1, 0.15) is 54.8 Å². The second kappa shape index (κ2) is 6.59. The van der Waals surface area contributed by atoms with Gasteiger partial charge in [0, 0.05) is 30.1 Å². The Morgan fingerprint density at radius 1 is 1.25 bits per heavy atom. The molecule has 24 heavy (non-hydrogen) atoms. The van der Waals surface area contributed by atoms with Crippen molar-refractivity contribution >= 4 is 11.8 Å². The summed E-state index contributed by atoms with van der Waals surface area (Å²) in [5, 5.41) is 10.7. The quantitative estimate of drug-likeness (QED) is 0.680. The molecule has 2 saturated carbocycles. The topological polar surface area (TPSA) is 61.9 Å². The minimum absolute atomic E-state index is 0.248. The van der Waals surface area contributed by atoms with Gasteiger partial charge in [0.15, 0.2) is 0 Å². The molecule has 6 heteroatoms. The zero-order chi connectivity index (χ0) is 17.3. The van der Waals surface area contributed by atoms with Crippen molar-refractivity contribution in [1.82, 2.24) is 5.32 Å². The van der Waals surface area contributed by atoms with E-state index in [4.69, 9.17) is 11.1 Å². The van der Waals surface area contributed by atoms with E-state index in [-0.39, 0.29) is 17.5 Å². The third kappa shape index (κ3) is 3.48. The van der Waals surface area contributed by atoms with E-state index in [0.29, 0.717) is 17.2 Å². The van der Waals surface area contributed by atoms with Gasteiger partial charge in [0.05, 0.1) is 5.56 Å². The van der Waals surface area contributed by atoms with Gasteiger partial charge in [-0.15, -0.1) is 0 Å². The molecule has 2 fully saturated rings. The average Bonchev–Trinajstić information content (AvgIpc) is 3.29. The summed E-state index contributed by atoms with van der Waals surface area (Å²) in [4.78, 5) is 0. The van der Waals surface area contributed by atoms with Crippen LogP contribution in [0.25, 0.3) is 5.57 Å². The lowest BCUT2D eigenvalue weighted by Gasteiger charge is -2.36. The molecule has 3 nitrogen and oxygen atoms in total. The Hall–Kier alpha value is -1.82. The molecule has 0 radical (unpaired) electrons. The van der Waals surface area contributed by atoms with Gasteiger partial charge in [0.2, 0.25) is 0 Å². The maximum Gasteiger partial charge on any atom is 0.416 e. The smallest absolute Gasteiger partial charge is 0.404 e. The van der Waals surface area contributed by atoms with Crippen LogP contribution in [0.3, 0.4) is 0 Å². The number of allylic oxidation sites excluding steroid dienone is 1. The SMILES string of the molecule is N=CC(=CN)c1ccc(C(NC2CC2)C2CCC2)c(C(F)(F)F)c1. The van der Waals surface area contributed by atoms with E-state index in [1.54, 1.807) is 12.1 Å². The van der Waals surface area contributed by atoms with Gasteiger partial charge in [0.1, 0.15) is 0 Å². The zero-order valence-corrected chi connectivity index (χ0v) is 13.4. The molecule has 0 saturated heterocycles. The van der Waals surface area contributed by atoms with Crippen LogP contribution in [-0.2, 0) is 6.18 Å². The van der Waals surface area contributed by atoms with Crippen LogP contribution >= 0.6 is 0 Å². The Balaban J connectivity index is 2.02. The summed E-state index contributed by atoms with van der Waals surface area (Å²) in [6.07, 6.45) is 2.80. The summed E-state index contributed by atoms with van der Waals surface area (Å²) >= 11 is 0. The Labute approximate surface area is 139 Å². The number of benzene rings is 1. The van der Waals surface area contributed by atoms with E-state index in [0.717, 1.165) is 50.6 Å². The molecular formula is C18H22F3N3. The van der Waals surface area contributed by atoms with Crippen LogP contribution in [0.2, 0.25) is 0 Å². The molecule has 4 N–H and O–H groups in total. The van der Waals surface area contributed by atoms with Gasteiger partial charge in [-0.05, 0) is 48.8 Å². The number of hydrogen-bond acceptors (Lipinski definition) is 3. The lowest BCUT2D eigenvalue weighted by molar-refractivity contribution is -0.138. The molecule has 0 spiro atoms. The highest BCUT2D eigenvalue weighted by Crippen LogP contribution is 2.44. The van der Waals surface area contributed by atoms with Crippen LogP contribution in [0.5, 0.6) is 0 Å². The van der Waals surface area contributed by atoms with E-state index in [1.165, 1.54) is 0 Å². The molecule has 1 aromatic carbocycles. The number of nitrogens with one attached hydrogen (secondary N) is 2. The van der Waals surface area contributed by atoms with Crippen LogP contribution in [0.15, 0.2) is 24.4 Å². The Morgan fingerprint density at radius 2 is 1.96 bits per heavy atom. The fourth-order valence-corrected chi connectivity index (χ4v) is 3.24. The van der Waals surface area contributed by atoms with Crippen molar-refractivity contribution in [2.45, 2.75) is 50.4 Å². The Morgan fingerprint density at radius 3 is 2.42 bits per heavy atom. The van der Waals surface area contributed by atoms with E-state index in [2.05, 4.69) is 5.32 Å². The lowest BCUT2D eigenvalue weighted by Crippen LogP contribution is -2.35. The largest absolute Gasteiger partial charge is 0.416 e. The zero-order valence-electron chi connectivity index (χ0n) is 13.4. The first kappa shape index (κ1) is 17.0. The van der Waals surface area contributed by atoms with Crippen LogP contribution in [0, 0.1) is 11.3 Å². The summed E-state index contributed by atoms with van der Waals surface area (Å²) in [6, 6.07) is 4.41. The molecule has 0 heterocycles. The van der Waals surface area contributed by atoms with E-state index in [9.17, 15) is 13.2 Å². The highest BCUT2D eigenvalue weighted by molar-refractivity contribution is 6.08. The third-order valence-corrected chi connectivity index (χ3v) is 4.98. The minimum Gasteiger partial charge on any atom is -0.404 e. The molecule has 0 amide bonds. The van der Waals surface area contributed by atoms with Crippen molar-refractivity contribution < 1.29 is 13.2 Å². The van der Waals surface area contributed by atoms with Gasteiger partial charge < -0.3 is 16.5 Å². The predicted octanol–water partition coefficient (Wildman–Crippen LogP) is 4.25. The summed E-state index contributed by atoms with van der Waals surface area (Å²) in [6.45, 7) is 0. The van der Waals surface area contributed by atoms with Gasteiger partial charge in [-0.2, -0.15) is 13.2 Å². The summed E-state index contributed by atoms with van der Waals surface area (Å²) in [5.41, 5.74) is 5.72. The number of nitrogens with two attached hydrogens (primary N) is 1. The van der Waals surface area contributed by atoms with E-state index in [1.807, 2.05) is 0 Å². The summed E-state index contributed by atoms with van der Waals surface area (Å²) < 4.78 is 41.0. The molecule has 1 unspecified atom stereocenters. The fraction of sp³-hybridized carbons (Fsp3) is 0.500. The van der Waals surface area contributed by atoms with Gasteiger partial charge >= 0.3 is 6.18 Å². The van der Waals surface area contributed by atoms with Gasteiger partial charge in [-0.3, -0.25) is 0 Å². The minimum atomic E-state index is -4.43. The third-order valence-electron chi connectivity index (χ3n) is 4.98. The molecular weight excluding hydrogens is 315 g/mol. The average molecular weight is 337 g/mol. The number of halogens is 3. The van der Waals surface area contributed by atoms with Crippen LogP contribution < -0.4 is 11.1 Å². The molecule has 3 rings (SSSR count). The van der Waals surface area contributed by atoms with Crippen molar-refractivity contribution in [2.24, 2.45) is 11.7 Å². The van der Waals surface area contributed by atoms with Crippen molar-refractivity contribution in [3.63, 3.8) is 0 Å². The first-order valence-corrected chi connectivity index (χ1v) is 8.34. The maximum atomic E-state index is 13.7. The van der Waals surface area contributed by atoms with Gasteiger partial charge in [-0.25, -0.2) is 0 Å². The first-order valence-electron chi connectivity index (χ1n) is 8.34. The monoisotopic (exact) mass is 337 g/mol. The molecule has 1 atom stereocenters. The molecule has 130 valence electrons. The Bertz CT molecular complexity index is 643. The van der Waals surface area contributed by atoms with Crippen LogP contribution in [0.4, 0.5) is 13.2 Å². The molecule has 2 aliphatic carbocycles. The molecule has 0 aliphatic heterocycles. The van der Waals surface area contributed by atoms with Gasteiger partial charge in [-0.1, -0.05) is 18.6 Å². The highest BCUT2D eigenvalue weighted by Gasteiger charge is 2.40. The highest BCUT2D eigenvalue weighted by atomic mass is 19.4. The number of hydrogen-bond donors (Lipinski definition) is 3. The number of rotatable bonds is 6. The molecule has 1 aromatic rings. The van der Waals surface area contributed by atoms with Gasteiger partial charge in [0.25, 0.3) is 0 Å². The van der Waals surface area contributed by atoms with Crippen molar-refractivity contribution in [3.05, 3.63) is 41.1 Å². The standard InChI is InChI=1S/C18H22F3N3/c19-18(20,21)16-8-12(13(9-22)10-23)4-7-15(16)17(11-2-1-3-11)24-14-5-6-14/h4,7-11,14,17,22,24H,1-3,5-6,23H2. The van der Waals surface area contributed by atoms with Crippen molar-refractivity contribution in [2.75, 3.05) is 0 Å². The van der Waals surface area contributed by atoms with Crippen molar-refractivity contribution in [1.29, 1.82) is 5.41 Å². The second-order valence-electron chi connectivity index (χ2n) is 6.68. The molecule has 0 aromatic heterocycles. The summed E-state index contributed by atoms with van der Waals surface area (Å²) in [5.74, 6) is 0.268. The second-order valence-corrected chi connectivity index (χ2v) is 6.68. The summed E-state index contributed by atoms with van der Waals surface area (Å²) in [7, 11) is 0. The van der Waals surface area contributed by atoms with Crippen LogP contribution in [-0.4, -0.2) is 12.3 Å². The van der Waals surface area contributed by atoms with Crippen molar-refractivity contribution in [3.8, 4) is 0 Å².